The standard InChI is InChI=1S/C15H11BrF2N4O/c16-9-5-13-14(22-6-9)12(3-4-19-13)21-7-10-1-2-11(8-20-10)23-15(17)18/h1-6,8,15H,7H2,(H,19,21). The Morgan fingerprint density at radius 1 is 1.13 bits per heavy atom. The maximum absolute atomic E-state index is 12.1. The monoisotopic (exact) mass is 380 g/mol. The van der Waals surface area contributed by atoms with E-state index in [1.165, 1.54) is 12.3 Å². The van der Waals surface area contributed by atoms with E-state index in [-0.39, 0.29) is 5.75 Å². The second kappa shape index (κ2) is 6.82. The lowest BCUT2D eigenvalue weighted by Crippen LogP contribution is -2.05. The highest BCUT2D eigenvalue weighted by Crippen LogP contribution is 2.22. The first-order valence-electron chi connectivity index (χ1n) is 6.66. The zero-order valence-electron chi connectivity index (χ0n) is 11.7. The normalized spacial score (nSPS) is 11.0. The van der Waals surface area contributed by atoms with Gasteiger partial charge in [-0.2, -0.15) is 8.78 Å². The third kappa shape index (κ3) is 3.89. The molecule has 3 aromatic heterocycles. The number of alkyl halides is 2. The Kier molecular flexibility index (Phi) is 4.61. The van der Waals surface area contributed by atoms with Crippen LogP contribution in [-0.2, 0) is 6.54 Å². The van der Waals surface area contributed by atoms with Crippen molar-refractivity contribution < 1.29 is 13.5 Å². The van der Waals surface area contributed by atoms with Gasteiger partial charge in [0.15, 0.2) is 0 Å². The maximum Gasteiger partial charge on any atom is 0.387 e. The molecule has 0 aliphatic rings. The predicted octanol–water partition coefficient (Wildman–Crippen LogP) is 4.00. The third-order valence-corrected chi connectivity index (χ3v) is 3.46. The van der Waals surface area contributed by atoms with E-state index in [1.54, 1.807) is 18.5 Å². The van der Waals surface area contributed by atoms with Crippen molar-refractivity contribution in [2.75, 3.05) is 5.32 Å². The molecule has 0 amide bonds. The van der Waals surface area contributed by atoms with Crippen LogP contribution in [0.5, 0.6) is 5.75 Å². The van der Waals surface area contributed by atoms with Crippen LogP contribution in [0.15, 0.2) is 47.3 Å². The van der Waals surface area contributed by atoms with Gasteiger partial charge in [0.1, 0.15) is 11.3 Å². The SMILES string of the molecule is FC(F)Oc1ccc(CNc2ccnc3cc(Br)cnc23)nc1. The molecule has 0 atom stereocenters. The van der Waals surface area contributed by atoms with Gasteiger partial charge in [-0.3, -0.25) is 15.0 Å². The number of rotatable bonds is 5. The van der Waals surface area contributed by atoms with E-state index in [0.717, 1.165) is 21.2 Å². The van der Waals surface area contributed by atoms with E-state index >= 15 is 0 Å². The highest BCUT2D eigenvalue weighted by molar-refractivity contribution is 9.10. The average molecular weight is 381 g/mol. The van der Waals surface area contributed by atoms with Crippen molar-refractivity contribution in [3.05, 3.63) is 53.0 Å². The molecule has 0 unspecified atom stereocenters. The number of halogens is 3. The van der Waals surface area contributed by atoms with Gasteiger partial charge >= 0.3 is 6.61 Å². The Balaban J connectivity index is 1.73. The van der Waals surface area contributed by atoms with Gasteiger partial charge in [-0.15, -0.1) is 0 Å². The molecule has 0 aromatic carbocycles. The fraction of sp³-hybridized carbons (Fsp3) is 0.133. The summed E-state index contributed by atoms with van der Waals surface area (Å²) in [5, 5.41) is 3.21. The quantitative estimate of drug-likeness (QED) is 0.724. The van der Waals surface area contributed by atoms with Gasteiger partial charge < -0.3 is 10.1 Å². The van der Waals surface area contributed by atoms with E-state index in [2.05, 4.69) is 40.9 Å². The Labute approximate surface area is 138 Å². The van der Waals surface area contributed by atoms with E-state index < -0.39 is 6.61 Å². The molecule has 0 radical (unpaired) electrons. The molecule has 0 spiro atoms. The van der Waals surface area contributed by atoms with E-state index in [1.807, 2.05) is 12.1 Å². The topological polar surface area (TPSA) is 59.9 Å². The van der Waals surface area contributed by atoms with Crippen LogP contribution in [0.25, 0.3) is 11.0 Å². The van der Waals surface area contributed by atoms with Crippen molar-refractivity contribution in [2.45, 2.75) is 13.2 Å². The van der Waals surface area contributed by atoms with E-state index in [0.29, 0.717) is 12.2 Å². The highest BCUT2D eigenvalue weighted by Gasteiger charge is 2.06. The minimum Gasteiger partial charge on any atom is -0.433 e. The number of nitrogens with one attached hydrogen (secondary N) is 1. The molecule has 0 aliphatic carbocycles. The molecule has 0 saturated carbocycles. The number of nitrogens with zero attached hydrogens (tertiary/aromatic N) is 3. The van der Waals surface area contributed by atoms with Crippen molar-refractivity contribution in [1.29, 1.82) is 0 Å². The molecule has 3 rings (SSSR count). The summed E-state index contributed by atoms with van der Waals surface area (Å²) >= 11 is 3.36. The van der Waals surface area contributed by atoms with Gasteiger partial charge in [-0.25, -0.2) is 0 Å². The lowest BCUT2D eigenvalue weighted by atomic mass is 10.2. The first-order chi connectivity index (χ1) is 11.1. The van der Waals surface area contributed by atoms with Crippen LogP contribution in [-0.4, -0.2) is 21.6 Å². The maximum atomic E-state index is 12.1. The van der Waals surface area contributed by atoms with Gasteiger partial charge in [-0.1, -0.05) is 0 Å². The smallest absolute Gasteiger partial charge is 0.387 e. The van der Waals surface area contributed by atoms with Gasteiger partial charge in [0.2, 0.25) is 0 Å². The minimum absolute atomic E-state index is 0.0321. The molecule has 8 heteroatoms. The predicted molar refractivity (Wildman–Crippen MR) is 85.4 cm³/mol. The zero-order valence-corrected chi connectivity index (χ0v) is 13.3. The summed E-state index contributed by atoms with van der Waals surface area (Å²) in [4.78, 5) is 12.7. The molecular weight excluding hydrogens is 370 g/mol. The van der Waals surface area contributed by atoms with Crippen molar-refractivity contribution in [1.82, 2.24) is 15.0 Å². The Morgan fingerprint density at radius 3 is 2.74 bits per heavy atom. The number of hydrogen-bond acceptors (Lipinski definition) is 5. The molecule has 23 heavy (non-hydrogen) atoms. The minimum atomic E-state index is -2.85. The Bertz CT molecular complexity index is 814. The lowest BCUT2D eigenvalue weighted by molar-refractivity contribution is -0.0500. The number of hydrogen-bond donors (Lipinski definition) is 1. The summed E-state index contributed by atoms with van der Waals surface area (Å²) < 4.78 is 29.3. The number of anilines is 1. The van der Waals surface area contributed by atoms with E-state index in [9.17, 15) is 8.78 Å². The number of fused-ring (bicyclic) bond motifs is 1. The van der Waals surface area contributed by atoms with Crippen molar-refractivity contribution in [2.24, 2.45) is 0 Å². The van der Waals surface area contributed by atoms with Crippen LogP contribution in [0.1, 0.15) is 5.69 Å². The first-order valence-corrected chi connectivity index (χ1v) is 7.45. The molecule has 3 aromatic rings. The summed E-state index contributed by atoms with van der Waals surface area (Å²) in [6, 6.07) is 6.77. The second-order valence-corrected chi connectivity index (χ2v) is 5.51. The molecule has 5 nitrogen and oxygen atoms in total. The highest BCUT2D eigenvalue weighted by atomic mass is 79.9. The van der Waals surface area contributed by atoms with Crippen LogP contribution < -0.4 is 10.1 Å². The number of aromatic nitrogens is 3. The fourth-order valence-corrected chi connectivity index (χ4v) is 2.34. The summed E-state index contributed by atoms with van der Waals surface area (Å²) in [5.74, 6) is 0.0321. The van der Waals surface area contributed by atoms with Gasteiger partial charge in [0.05, 0.1) is 29.6 Å². The van der Waals surface area contributed by atoms with Crippen molar-refractivity contribution in [3.63, 3.8) is 0 Å². The molecule has 0 fully saturated rings. The van der Waals surface area contributed by atoms with E-state index in [4.69, 9.17) is 0 Å². The summed E-state index contributed by atoms with van der Waals surface area (Å²) in [6.07, 6.45) is 4.65. The van der Waals surface area contributed by atoms with Crippen LogP contribution in [0, 0.1) is 0 Å². The molecule has 0 aliphatic heterocycles. The largest absolute Gasteiger partial charge is 0.433 e. The third-order valence-electron chi connectivity index (χ3n) is 3.03. The first kappa shape index (κ1) is 15.5. The molecule has 118 valence electrons. The van der Waals surface area contributed by atoms with Crippen LogP contribution in [0.4, 0.5) is 14.5 Å². The molecule has 0 bridgehead atoms. The van der Waals surface area contributed by atoms with Crippen molar-refractivity contribution in [3.8, 4) is 5.75 Å². The Morgan fingerprint density at radius 2 is 2.00 bits per heavy atom. The van der Waals surface area contributed by atoms with Crippen molar-refractivity contribution >= 4 is 32.7 Å². The van der Waals surface area contributed by atoms with Gasteiger partial charge in [-0.05, 0) is 40.2 Å². The van der Waals surface area contributed by atoms with Crippen LogP contribution in [0.3, 0.4) is 0 Å². The average Bonchev–Trinajstić information content (AvgIpc) is 2.53. The number of ether oxygens (including phenoxy) is 1. The van der Waals surface area contributed by atoms with Gasteiger partial charge in [0, 0.05) is 16.9 Å². The lowest BCUT2D eigenvalue weighted by Gasteiger charge is -2.09. The molecule has 1 N–H and O–H groups in total. The number of pyridine rings is 3. The second-order valence-electron chi connectivity index (χ2n) is 4.60. The summed E-state index contributed by atoms with van der Waals surface area (Å²) in [6.45, 7) is -2.43. The summed E-state index contributed by atoms with van der Waals surface area (Å²) in [5.41, 5.74) is 3.01. The van der Waals surface area contributed by atoms with Gasteiger partial charge in [0.25, 0.3) is 0 Å². The molecule has 0 saturated heterocycles. The zero-order chi connectivity index (χ0) is 16.2. The van der Waals surface area contributed by atoms with Crippen LogP contribution >= 0.6 is 15.9 Å². The molecule has 3 heterocycles. The summed E-state index contributed by atoms with van der Waals surface area (Å²) in [7, 11) is 0. The Hall–Kier alpha value is -2.35. The van der Waals surface area contributed by atoms with Crippen LogP contribution in [0.2, 0.25) is 0 Å². The fourth-order valence-electron chi connectivity index (χ4n) is 2.02. The molecular formula is C15H11BrF2N4O.